The van der Waals surface area contributed by atoms with E-state index in [0.717, 1.165) is 42.2 Å². The van der Waals surface area contributed by atoms with Crippen LogP contribution < -0.4 is 5.32 Å². The highest BCUT2D eigenvalue weighted by atomic mass is 32.1. The van der Waals surface area contributed by atoms with Gasteiger partial charge in [-0.1, -0.05) is 18.2 Å². The highest BCUT2D eigenvalue weighted by molar-refractivity contribution is 7.13. The Hall–Kier alpha value is -2.25. The minimum Gasteiger partial charge on any atom is -0.350 e. The van der Waals surface area contributed by atoms with Crippen LogP contribution in [0, 0.1) is 6.92 Å². The van der Waals surface area contributed by atoms with Crippen molar-refractivity contribution < 1.29 is 9.59 Å². The molecule has 28 heavy (non-hydrogen) atoms. The highest BCUT2D eigenvalue weighted by Crippen LogP contribution is 2.32. The van der Waals surface area contributed by atoms with Crippen LogP contribution in [0.1, 0.15) is 49.5 Å². The summed E-state index contributed by atoms with van der Waals surface area (Å²) in [5.74, 6) is 0.199. The van der Waals surface area contributed by atoms with Gasteiger partial charge in [-0.15, -0.1) is 11.3 Å². The standard InChI is InChI=1S/C21H28N4O2S/c1-15-18(19(26)22-11-13-24(2)3)28-20(23-15)17-10-7-12-25(14-17)21(27)16-8-5-4-6-9-16/h4-6,8-9,17H,7,10-14H2,1-3H3,(H,22,26). The van der Waals surface area contributed by atoms with Crippen molar-refractivity contribution in [3.63, 3.8) is 0 Å². The zero-order chi connectivity index (χ0) is 20.1. The fourth-order valence-electron chi connectivity index (χ4n) is 3.40. The topological polar surface area (TPSA) is 65.5 Å². The molecule has 1 aliphatic rings. The number of piperidine rings is 1. The Morgan fingerprint density at radius 2 is 2.04 bits per heavy atom. The molecule has 2 amide bonds. The number of aryl methyl sites for hydroxylation is 1. The van der Waals surface area contributed by atoms with Crippen molar-refractivity contribution in [1.82, 2.24) is 20.1 Å². The Kier molecular flexibility index (Phi) is 6.80. The van der Waals surface area contributed by atoms with Crippen LogP contribution >= 0.6 is 11.3 Å². The minimum atomic E-state index is -0.0591. The Morgan fingerprint density at radius 1 is 1.29 bits per heavy atom. The molecule has 1 aromatic carbocycles. The van der Waals surface area contributed by atoms with Gasteiger partial charge in [0.2, 0.25) is 0 Å². The smallest absolute Gasteiger partial charge is 0.263 e. The number of benzene rings is 1. The molecule has 150 valence electrons. The second kappa shape index (κ2) is 9.30. The van der Waals surface area contributed by atoms with Crippen LogP contribution in [-0.2, 0) is 0 Å². The van der Waals surface area contributed by atoms with Crippen molar-refractivity contribution in [1.29, 1.82) is 0 Å². The monoisotopic (exact) mass is 400 g/mol. The van der Waals surface area contributed by atoms with Crippen molar-refractivity contribution in [3.05, 3.63) is 51.5 Å². The predicted molar refractivity (Wildman–Crippen MR) is 112 cm³/mol. The van der Waals surface area contributed by atoms with Crippen molar-refractivity contribution >= 4 is 23.2 Å². The Bertz CT molecular complexity index is 819. The maximum atomic E-state index is 12.8. The molecule has 7 heteroatoms. The lowest BCUT2D eigenvalue weighted by molar-refractivity contribution is 0.0707. The fraction of sp³-hybridized carbons (Fsp3) is 0.476. The molecule has 2 heterocycles. The van der Waals surface area contributed by atoms with Crippen LogP contribution in [0.15, 0.2) is 30.3 Å². The van der Waals surface area contributed by atoms with Crippen molar-refractivity contribution in [2.24, 2.45) is 0 Å². The van der Waals surface area contributed by atoms with Crippen LogP contribution in [0.4, 0.5) is 0 Å². The van der Waals surface area contributed by atoms with E-state index >= 15 is 0 Å². The number of nitrogens with one attached hydrogen (secondary N) is 1. The first kappa shape index (κ1) is 20.5. The van der Waals surface area contributed by atoms with E-state index in [0.29, 0.717) is 18.0 Å². The Morgan fingerprint density at radius 3 is 2.75 bits per heavy atom. The molecule has 6 nitrogen and oxygen atoms in total. The van der Waals surface area contributed by atoms with E-state index in [1.807, 2.05) is 61.2 Å². The molecule has 2 aromatic rings. The number of aromatic nitrogens is 1. The number of amides is 2. The molecule has 0 saturated carbocycles. The molecule has 0 radical (unpaired) electrons. The molecule has 0 aliphatic carbocycles. The summed E-state index contributed by atoms with van der Waals surface area (Å²) in [4.78, 5) is 34.6. The molecule has 3 rings (SSSR count). The summed E-state index contributed by atoms with van der Waals surface area (Å²) in [5.41, 5.74) is 1.49. The second-order valence-electron chi connectivity index (χ2n) is 7.48. The van der Waals surface area contributed by atoms with Crippen LogP contribution in [0.3, 0.4) is 0 Å². The van der Waals surface area contributed by atoms with Crippen molar-refractivity contribution in [2.45, 2.75) is 25.7 Å². The molecule has 1 atom stereocenters. The maximum absolute atomic E-state index is 12.8. The molecule has 0 spiro atoms. The second-order valence-corrected chi connectivity index (χ2v) is 8.51. The molecule has 1 aliphatic heterocycles. The SMILES string of the molecule is Cc1nc(C2CCCN(C(=O)c3ccccc3)C2)sc1C(=O)NCCN(C)C. The number of likely N-dealkylation sites (tertiary alicyclic amines) is 1. The van der Waals surface area contributed by atoms with Gasteiger partial charge in [0.25, 0.3) is 11.8 Å². The number of carbonyl (C=O) groups excluding carboxylic acids is 2. The van der Waals surface area contributed by atoms with Gasteiger partial charge in [0.05, 0.1) is 10.7 Å². The number of carbonyl (C=O) groups is 2. The lowest BCUT2D eigenvalue weighted by atomic mass is 9.98. The number of thiazole rings is 1. The van der Waals surface area contributed by atoms with Gasteiger partial charge in [0.1, 0.15) is 4.88 Å². The van der Waals surface area contributed by atoms with Crippen molar-refractivity contribution in [2.75, 3.05) is 40.3 Å². The lowest BCUT2D eigenvalue weighted by Gasteiger charge is -2.32. The molecular formula is C21H28N4O2S. The third kappa shape index (κ3) is 4.97. The first-order valence-electron chi connectivity index (χ1n) is 9.70. The quantitative estimate of drug-likeness (QED) is 0.810. The third-order valence-corrected chi connectivity index (χ3v) is 6.26. The summed E-state index contributed by atoms with van der Waals surface area (Å²) in [6, 6.07) is 9.41. The van der Waals surface area contributed by atoms with E-state index < -0.39 is 0 Å². The van der Waals surface area contributed by atoms with E-state index in [4.69, 9.17) is 0 Å². The van der Waals surface area contributed by atoms with Gasteiger partial charge < -0.3 is 15.1 Å². The summed E-state index contributed by atoms with van der Waals surface area (Å²) in [5, 5.41) is 3.92. The minimum absolute atomic E-state index is 0.0591. The molecule has 1 fully saturated rings. The maximum Gasteiger partial charge on any atom is 0.263 e. The largest absolute Gasteiger partial charge is 0.350 e. The predicted octanol–water partition coefficient (Wildman–Crippen LogP) is 2.76. The lowest BCUT2D eigenvalue weighted by Crippen LogP contribution is -2.39. The van der Waals surface area contributed by atoms with Gasteiger partial charge >= 0.3 is 0 Å². The molecular weight excluding hydrogens is 372 g/mol. The van der Waals surface area contributed by atoms with E-state index in [9.17, 15) is 9.59 Å². The van der Waals surface area contributed by atoms with E-state index in [1.165, 1.54) is 11.3 Å². The van der Waals surface area contributed by atoms with Gasteiger partial charge in [-0.25, -0.2) is 4.98 Å². The number of nitrogens with zero attached hydrogens (tertiary/aromatic N) is 3. The molecule has 1 N–H and O–H groups in total. The van der Waals surface area contributed by atoms with Gasteiger partial charge in [-0.2, -0.15) is 0 Å². The van der Waals surface area contributed by atoms with E-state index in [1.54, 1.807) is 0 Å². The first-order chi connectivity index (χ1) is 13.5. The summed E-state index contributed by atoms with van der Waals surface area (Å²) >= 11 is 1.47. The Balaban J connectivity index is 1.66. The van der Waals surface area contributed by atoms with E-state index in [2.05, 4.69) is 10.3 Å². The normalized spacial score (nSPS) is 17.0. The number of rotatable bonds is 6. The zero-order valence-corrected chi connectivity index (χ0v) is 17.6. The Labute approximate surface area is 170 Å². The van der Waals surface area contributed by atoms with Crippen LogP contribution in [-0.4, -0.2) is 66.9 Å². The van der Waals surface area contributed by atoms with Crippen LogP contribution in [0.5, 0.6) is 0 Å². The van der Waals surface area contributed by atoms with Gasteiger partial charge in [-0.3, -0.25) is 9.59 Å². The molecule has 1 saturated heterocycles. The van der Waals surface area contributed by atoms with Gasteiger partial charge in [0.15, 0.2) is 0 Å². The fourth-order valence-corrected chi connectivity index (χ4v) is 4.51. The summed E-state index contributed by atoms with van der Waals surface area (Å²) in [6.45, 7) is 4.72. The van der Waals surface area contributed by atoms with Gasteiger partial charge in [0, 0.05) is 37.7 Å². The zero-order valence-electron chi connectivity index (χ0n) is 16.8. The summed E-state index contributed by atoms with van der Waals surface area (Å²) in [6.07, 6.45) is 1.94. The average Bonchev–Trinajstić information content (AvgIpc) is 3.09. The number of hydrogen-bond acceptors (Lipinski definition) is 5. The molecule has 1 aromatic heterocycles. The third-order valence-electron chi connectivity index (χ3n) is 4.94. The average molecular weight is 401 g/mol. The molecule has 1 unspecified atom stereocenters. The van der Waals surface area contributed by atoms with Gasteiger partial charge in [-0.05, 0) is 46.0 Å². The first-order valence-corrected chi connectivity index (χ1v) is 10.5. The highest BCUT2D eigenvalue weighted by Gasteiger charge is 2.28. The van der Waals surface area contributed by atoms with Crippen molar-refractivity contribution in [3.8, 4) is 0 Å². The number of likely N-dealkylation sites (N-methyl/N-ethyl adjacent to an activating group) is 1. The summed E-state index contributed by atoms with van der Waals surface area (Å²) < 4.78 is 0. The molecule has 0 bridgehead atoms. The van der Waals surface area contributed by atoms with Crippen LogP contribution in [0.2, 0.25) is 0 Å². The number of hydrogen-bond donors (Lipinski definition) is 1. The summed E-state index contributed by atoms with van der Waals surface area (Å²) in [7, 11) is 3.96. The van der Waals surface area contributed by atoms with E-state index in [-0.39, 0.29) is 17.7 Å². The van der Waals surface area contributed by atoms with Crippen LogP contribution in [0.25, 0.3) is 0 Å².